The molecule has 1 aromatic rings. The summed E-state index contributed by atoms with van der Waals surface area (Å²) in [7, 11) is 0. The molecule has 3 unspecified atom stereocenters. The van der Waals surface area contributed by atoms with Gasteiger partial charge in [0.1, 0.15) is 5.75 Å². The predicted molar refractivity (Wildman–Crippen MR) is 81.0 cm³/mol. The van der Waals surface area contributed by atoms with Crippen LogP contribution in [0.4, 0.5) is 0 Å². The summed E-state index contributed by atoms with van der Waals surface area (Å²) in [6, 6.07) is 8.33. The molecule has 1 saturated carbocycles. The normalized spacial score (nSPS) is 37.0. The van der Waals surface area contributed by atoms with E-state index in [9.17, 15) is 5.11 Å². The fraction of sp³-hybridized carbons (Fsp3) is 0.667. The zero-order chi connectivity index (χ0) is 14.2. The molecule has 1 aromatic carbocycles. The van der Waals surface area contributed by atoms with Crippen LogP contribution in [0.1, 0.15) is 57.4 Å². The van der Waals surface area contributed by atoms with Gasteiger partial charge in [0.25, 0.3) is 0 Å². The summed E-state index contributed by atoms with van der Waals surface area (Å²) in [5.74, 6) is 2.74. The highest BCUT2D eigenvalue weighted by molar-refractivity contribution is 5.38. The van der Waals surface area contributed by atoms with Crippen molar-refractivity contribution in [2.24, 2.45) is 11.8 Å². The van der Waals surface area contributed by atoms with E-state index in [4.69, 9.17) is 4.74 Å². The van der Waals surface area contributed by atoms with Gasteiger partial charge in [-0.25, -0.2) is 0 Å². The minimum atomic E-state index is -0.480. The van der Waals surface area contributed by atoms with Crippen LogP contribution in [-0.4, -0.2) is 17.3 Å². The summed E-state index contributed by atoms with van der Waals surface area (Å²) in [5.41, 5.74) is 0.810. The lowest BCUT2D eigenvalue weighted by atomic mass is 9.69. The molecule has 3 rings (SSSR count). The SMILES string of the molecule is CC1CC(C)CC(O)(CC2CCOc3ccccc32)C1. The van der Waals surface area contributed by atoms with E-state index in [2.05, 4.69) is 32.0 Å². The number of hydrogen-bond acceptors (Lipinski definition) is 2. The highest BCUT2D eigenvalue weighted by atomic mass is 16.5. The van der Waals surface area contributed by atoms with E-state index in [1.54, 1.807) is 0 Å². The molecule has 1 fully saturated rings. The molecule has 2 aliphatic rings. The van der Waals surface area contributed by atoms with Gasteiger partial charge < -0.3 is 9.84 Å². The molecule has 0 spiro atoms. The molecule has 110 valence electrons. The maximum absolute atomic E-state index is 11.0. The molecule has 2 heteroatoms. The third-order valence-corrected chi connectivity index (χ3v) is 4.97. The molecule has 2 nitrogen and oxygen atoms in total. The van der Waals surface area contributed by atoms with Gasteiger partial charge in [-0.15, -0.1) is 0 Å². The Morgan fingerprint density at radius 2 is 1.90 bits per heavy atom. The number of para-hydroxylation sites is 1. The van der Waals surface area contributed by atoms with Crippen molar-refractivity contribution in [1.29, 1.82) is 0 Å². The van der Waals surface area contributed by atoms with Crippen LogP contribution in [0.15, 0.2) is 24.3 Å². The first-order valence-corrected chi connectivity index (χ1v) is 8.00. The van der Waals surface area contributed by atoms with Gasteiger partial charge in [-0.2, -0.15) is 0 Å². The van der Waals surface area contributed by atoms with Crippen molar-refractivity contribution in [1.82, 2.24) is 0 Å². The van der Waals surface area contributed by atoms with Gasteiger partial charge in [0, 0.05) is 0 Å². The van der Waals surface area contributed by atoms with Crippen LogP contribution in [0.5, 0.6) is 5.75 Å². The average Bonchev–Trinajstić information content (AvgIpc) is 2.37. The van der Waals surface area contributed by atoms with Gasteiger partial charge in [-0.3, -0.25) is 0 Å². The van der Waals surface area contributed by atoms with Crippen molar-refractivity contribution >= 4 is 0 Å². The quantitative estimate of drug-likeness (QED) is 0.878. The zero-order valence-electron chi connectivity index (χ0n) is 12.6. The molecule has 20 heavy (non-hydrogen) atoms. The standard InChI is InChI=1S/C18H26O2/c1-13-9-14(2)11-18(19,10-13)12-15-7-8-20-17-6-4-3-5-16(15)17/h3-6,13-15,19H,7-12H2,1-2H3. The maximum atomic E-state index is 11.0. The van der Waals surface area contributed by atoms with Crippen molar-refractivity contribution in [3.05, 3.63) is 29.8 Å². The molecule has 0 saturated heterocycles. The molecule has 1 aliphatic carbocycles. The van der Waals surface area contributed by atoms with E-state index in [1.165, 1.54) is 12.0 Å². The van der Waals surface area contributed by atoms with E-state index in [0.717, 1.165) is 38.0 Å². The Balaban J connectivity index is 1.78. The van der Waals surface area contributed by atoms with Gasteiger partial charge in [0.2, 0.25) is 0 Å². The molecule has 1 heterocycles. The highest BCUT2D eigenvalue weighted by Gasteiger charge is 2.39. The third-order valence-electron chi connectivity index (χ3n) is 4.97. The van der Waals surface area contributed by atoms with Crippen LogP contribution in [0.2, 0.25) is 0 Å². The Bertz CT molecular complexity index is 458. The fourth-order valence-corrected chi connectivity index (χ4v) is 4.49. The van der Waals surface area contributed by atoms with E-state index in [-0.39, 0.29) is 0 Å². The molecular weight excluding hydrogens is 248 g/mol. The van der Waals surface area contributed by atoms with E-state index >= 15 is 0 Å². The predicted octanol–water partition coefficient (Wildman–Crippen LogP) is 4.13. The van der Waals surface area contributed by atoms with Gasteiger partial charge in [-0.1, -0.05) is 32.0 Å². The number of aliphatic hydroxyl groups is 1. The van der Waals surface area contributed by atoms with Crippen LogP contribution >= 0.6 is 0 Å². The smallest absolute Gasteiger partial charge is 0.122 e. The van der Waals surface area contributed by atoms with Gasteiger partial charge in [-0.05, 0) is 61.5 Å². The summed E-state index contributed by atoms with van der Waals surface area (Å²) in [4.78, 5) is 0. The lowest BCUT2D eigenvalue weighted by Gasteiger charge is -2.42. The molecule has 0 radical (unpaired) electrons. The van der Waals surface area contributed by atoms with E-state index in [1.807, 2.05) is 6.07 Å². The van der Waals surface area contributed by atoms with Gasteiger partial charge in [0.15, 0.2) is 0 Å². The Morgan fingerprint density at radius 3 is 2.65 bits per heavy atom. The topological polar surface area (TPSA) is 29.5 Å². The first-order valence-electron chi connectivity index (χ1n) is 8.00. The van der Waals surface area contributed by atoms with Gasteiger partial charge in [0.05, 0.1) is 12.2 Å². The number of rotatable bonds is 2. The first kappa shape index (κ1) is 13.9. The second-order valence-corrected chi connectivity index (χ2v) is 7.15. The van der Waals surface area contributed by atoms with Crippen molar-refractivity contribution in [2.75, 3.05) is 6.61 Å². The van der Waals surface area contributed by atoms with Crippen molar-refractivity contribution in [3.8, 4) is 5.75 Å². The molecule has 0 aromatic heterocycles. The van der Waals surface area contributed by atoms with Crippen molar-refractivity contribution in [3.63, 3.8) is 0 Å². The Kier molecular flexibility index (Phi) is 3.76. The number of hydrogen-bond donors (Lipinski definition) is 1. The summed E-state index contributed by atoms with van der Waals surface area (Å²) in [6.45, 7) is 5.33. The summed E-state index contributed by atoms with van der Waals surface area (Å²) in [6.07, 6.45) is 5.09. The number of fused-ring (bicyclic) bond motifs is 1. The Morgan fingerprint density at radius 1 is 1.20 bits per heavy atom. The Labute approximate surface area is 122 Å². The molecule has 1 aliphatic heterocycles. The van der Waals surface area contributed by atoms with E-state index in [0.29, 0.717) is 17.8 Å². The molecule has 0 bridgehead atoms. The average molecular weight is 274 g/mol. The molecule has 0 amide bonds. The van der Waals surface area contributed by atoms with Crippen LogP contribution < -0.4 is 4.74 Å². The summed E-state index contributed by atoms with van der Waals surface area (Å²) in [5, 5.41) is 11.0. The molecular formula is C18H26O2. The van der Waals surface area contributed by atoms with Crippen molar-refractivity contribution in [2.45, 2.75) is 57.5 Å². The molecule has 3 atom stereocenters. The molecule has 1 N–H and O–H groups in total. The summed E-state index contributed by atoms with van der Waals surface area (Å²) < 4.78 is 5.74. The van der Waals surface area contributed by atoms with Crippen LogP contribution in [0.3, 0.4) is 0 Å². The van der Waals surface area contributed by atoms with Gasteiger partial charge >= 0.3 is 0 Å². The maximum Gasteiger partial charge on any atom is 0.122 e. The monoisotopic (exact) mass is 274 g/mol. The minimum Gasteiger partial charge on any atom is -0.493 e. The largest absolute Gasteiger partial charge is 0.493 e. The first-order chi connectivity index (χ1) is 9.56. The zero-order valence-corrected chi connectivity index (χ0v) is 12.6. The highest BCUT2D eigenvalue weighted by Crippen LogP contribution is 2.44. The van der Waals surface area contributed by atoms with E-state index < -0.39 is 5.60 Å². The fourth-order valence-electron chi connectivity index (χ4n) is 4.49. The van der Waals surface area contributed by atoms with Crippen LogP contribution in [-0.2, 0) is 0 Å². The summed E-state index contributed by atoms with van der Waals surface area (Å²) >= 11 is 0. The third kappa shape index (κ3) is 2.85. The van der Waals surface area contributed by atoms with Crippen LogP contribution in [0, 0.1) is 11.8 Å². The van der Waals surface area contributed by atoms with Crippen molar-refractivity contribution < 1.29 is 9.84 Å². The second kappa shape index (κ2) is 5.40. The van der Waals surface area contributed by atoms with Crippen LogP contribution in [0.25, 0.3) is 0 Å². The number of benzene rings is 1. The lowest BCUT2D eigenvalue weighted by molar-refractivity contribution is -0.0447. The Hall–Kier alpha value is -1.02. The lowest BCUT2D eigenvalue weighted by Crippen LogP contribution is -2.39. The minimum absolute atomic E-state index is 0.447. The second-order valence-electron chi connectivity index (χ2n) is 7.15. The number of ether oxygens (including phenoxy) is 1.